The third-order valence-corrected chi connectivity index (χ3v) is 4.35. The number of carbonyl (C=O) groups excluding carboxylic acids is 2. The van der Waals surface area contributed by atoms with Gasteiger partial charge in [0, 0.05) is 37.7 Å². The molecule has 0 spiro atoms. The van der Waals surface area contributed by atoms with Gasteiger partial charge < -0.3 is 20.7 Å². The van der Waals surface area contributed by atoms with Crippen LogP contribution in [0.5, 0.6) is 5.75 Å². The van der Waals surface area contributed by atoms with Crippen molar-refractivity contribution in [1.29, 1.82) is 0 Å². The summed E-state index contributed by atoms with van der Waals surface area (Å²) in [5.41, 5.74) is 7.78. The minimum Gasteiger partial charge on any atom is -0.494 e. The molecule has 2 aliphatic heterocycles. The lowest BCUT2D eigenvalue weighted by atomic mass is 10.0. The minimum absolute atomic E-state index is 0. The second kappa shape index (κ2) is 8.35. The first-order valence-electron chi connectivity index (χ1n) is 8.21. The molecule has 2 amide bonds. The predicted molar refractivity (Wildman–Crippen MR) is 94.5 cm³/mol. The van der Waals surface area contributed by atoms with Crippen LogP contribution in [0.4, 0.5) is 5.69 Å². The molecule has 1 atom stereocenters. The zero-order valence-corrected chi connectivity index (χ0v) is 14.4. The SMILES string of the molecule is Cl.N[C@@H]1CCN(C(=O)CCCOc2ccc3c(c2)CCC(=O)N3)C1. The van der Waals surface area contributed by atoms with Crippen molar-refractivity contribution in [2.45, 2.75) is 38.1 Å². The number of likely N-dealkylation sites (tertiary alicyclic amines) is 1. The molecule has 6 nitrogen and oxygen atoms in total. The number of anilines is 1. The number of amides is 2. The Morgan fingerprint density at radius 2 is 2.21 bits per heavy atom. The van der Waals surface area contributed by atoms with Crippen molar-refractivity contribution in [1.82, 2.24) is 4.90 Å². The van der Waals surface area contributed by atoms with E-state index in [0.717, 1.165) is 36.4 Å². The Morgan fingerprint density at radius 3 is 2.96 bits per heavy atom. The number of nitrogens with one attached hydrogen (secondary N) is 1. The molecule has 3 N–H and O–H groups in total. The number of hydrogen-bond acceptors (Lipinski definition) is 4. The van der Waals surface area contributed by atoms with E-state index in [2.05, 4.69) is 5.32 Å². The third kappa shape index (κ3) is 4.61. The number of hydrogen-bond donors (Lipinski definition) is 2. The van der Waals surface area contributed by atoms with Crippen LogP contribution in [-0.2, 0) is 16.0 Å². The number of halogens is 1. The fourth-order valence-corrected chi connectivity index (χ4v) is 3.03. The summed E-state index contributed by atoms with van der Waals surface area (Å²) in [4.78, 5) is 25.2. The quantitative estimate of drug-likeness (QED) is 0.789. The van der Waals surface area contributed by atoms with Crippen molar-refractivity contribution in [3.05, 3.63) is 23.8 Å². The van der Waals surface area contributed by atoms with E-state index in [1.54, 1.807) is 0 Å². The van der Waals surface area contributed by atoms with Gasteiger partial charge in [-0.05, 0) is 43.0 Å². The highest BCUT2D eigenvalue weighted by molar-refractivity contribution is 5.94. The first kappa shape index (κ1) is 18.5. The van der Waals surface area contributed by atoms with Crippen molar-refractivity contribution in [2.24, 2.45) is 5.73 Å². The zero-order chi connectivity index (χ0) is 16.2. The lowest BCUT2D eigenvalue weighted by Gasteiger charge is -2.18. The Hall–Kier alpha value is -1.79. The molecule has 132 valence electrons. The van der Waals surface area contributed by atoms with Crippen molar-refractivity contribution >= 4 is 29.9 Å². The van der Waals surface area contributed by atoms with Crippen LogP contribution in [0.1, 0.15) is 31.2 Å². The van der Waals surface area contributed by atoms with Gasteiger partial charge in [0.15, 0.2) is 0 Å². The fourth-order valence-electron chi connectivity index (χ4n) is 3.03. The van der Waals surface area contributed by atoms with E-state index in [9.17, 15) is 9.59 Å². The van der Waals surface area contributed by atoms with Crippen molar-refractivity contribution in [3.8, 4) is 5.75 Å². The zero-order valence-electron chi connectivity index (χ0n) is 13.6. The van der Waals surface area contributed by atoms with E-state index in [1.165, 1.54) is 0 Å². The smallest absolute Gasteiger partial charge is 0.224 e. The van der Waals surface area contributed by atoms with E-state index in [0.29, 0.717) is 32.4 Å². The second-order valence-electron chi connectivity index (χ2n) is 6.21. The van der Waals surface area contributed by atoms with E-state index in [-0.39, 0.29) is 30.3 Å². The molecule has 0 radical (unpaired) electrons. The lowest BCUT2D eigenvalue weighted by Crippen LogP contribution is -2.31. The molecule has 0 unspecified atom stereocenters. The Labute approximate surface area is 148 Å². The van der Waals surface area contributed by atoms with Crippen LogP contribution in [0, 0.1) is 0 Å². The monoisotopic (exact) mass is 353 g/mol. The maximum Gasteiger partial charge on any atom is 0.224 e. The molecule has 2 heterocycles. The van der Waals surface area contributed by atoms with Crippen LogP contribution in [0.25, 0.3) is 0 Å². The normalized spacial score (nSPS) is 19.3. The fraction of sp³-hybridized carbons (Fsp3) is 0.529. The number of ether oxygens (including phenoxy) is 1. The largest absolute Gasteiger partial charge is 0.494 e. The first-order chi connectivity index (χ1) is 11.1. The van der Waals surface area contributed by atoms with Gasteiger partial charge in [-0.1, -0.05) is 0 Å². The maximum absolute atomic E-state index is 12.0. The summed E-state index contributed by atoms with van der Waals surface area (Å²) in [6.07, 6.45) is 3.34. The number of nitrogens with two attached hydrogens (primary N) is 1. The number of benzene rings is 1. The summed E-state index contributed by atoms with van der Waals surface area (Å²) in [5.74, 6) is 1.01. The molecule has 0 saturated carbocycles. The average molecular weight is 354 g/mol. The highest BCUT2D eigenvalue weighted by atomic mass is 35.5. The van der Waals surface area contributed by atoms with Crippen molar-refractivity contribution in [3.63, 3.8) is 0 Å². The molecule has 2 aliphatic rings. The van der Waals surface area contributed by atoms with Crippen LogP contribution in [0.15, 0.2) is 18.2 Å². The van der Waals surface area contributed by atoms with Crippen LogP contribution < -0.4 is 15.8 Å². The Morgan fingerprint density at radius 1 is 1.38 bits per heavy atom. The van der Waals surface area contributed by atoms with Gasteiger partial charge >= 0.3 is 0 Å². The number of fused-ring (bicyclic) bond motifs is 1. The average Bonchev–Trinajstić information content (AvgIpc) is 2.98. The van der Waals surface area contributed by atoms with Crippen LogP contribution in [-0.4, -0.2) is 42.5 Å². The van der Waals surface area contributed by atoms with E-state index < -0.39 is 0 Å². The van der Waals surface area contributed by atoms with E-state index in [4.69, 9.17) is 10.5 Å². The number of aryl methyl sites for hydroxylation is 1. The van der Waals surface area contributed by atoms with Gasteiger partial charge in [0.1, 0.15) is 5.75 Å². The topological polar surface area (TPSA) is 84.7 Å². The number of carbonyl (C=O) groups is 2. The van der Waals surface area contributed by atoms with Gasteiger partial charge in [0.2, 0.25) is 11.8 Å². The first-order valence-corrected chi connectivity index (χ1v) is 8.21. The molecule has 0 bridgehead atoms. The van der Waals surface area contributed by atoms with Crippen LogP contribution in [0.2, 0.25) is 0 Å². The third-order valence-electron chi connectivity index (χ3n) is 4.35. The molecule has 3 rings (SSSR count). The van der Waals surface area contributed by atoms with E-state index in [1.807, 2.05) is 23.1 Å². The highest BCUT2D eigenvalue weighted by Crippen LogP contribution is 2.26. The van der Waals surface area contributed by atoms with Crippen molar-refractivity contribution < 1.29 is 14.3 Å². The summed E-state index contributed by atoms with van der Waals surface area (Å²) < 4.78 is 5.72. The molecule has 0 aliphatic carbocycles. The van der Waals surface area contributed by atoms with Gasteiger partial charge in [0.05, 0.1) is 6.61 Å². The standard InChI is InChI=1S/C17H23N3O3.ClH/c18-13-7-8-20(11-13)17(22)2-1-9-23-14-4-5-15-12(10-14)3-6-16(21)19-15;/h4-5,10,13H,1-3,6-9,11,18H2,(H,19,21);1H/t13-;/m1./s1. The molecule has 1 aromatic rings. The lowest BCUT2D eigenvalue weighted by molar-refractivity contribution is -0.130. The highest BCUT2D eigenvalue weighted by Gasteiger charge is 2.22. The molecule has 7 heteroatoms. The van der Waals surface area contributed by atoms with Crippen LogP contribution in [0.3, 0.4) is 0 Å². The predicted octanol–water partition coefficient (Wildman–Crippen LogP) is 1.71. The van der Waals surface area contributed by atoms with E-state index >= 15 is 0 Å². The molecule has 24 heavy (non-hydrogen) atoms. The maximum atomic E-state index is 12.0. The Bertz CT molecular complexity index is 609. The summed E-state index contributed by atoms with van der Waals surface area (Å²) in [5, 5.41) is 2.85. The van der Waals surface area contributed by atoms with Gasteiger partial charge in [-0.2, -0.15) is 0 Å². The number of nitrogens with zero attached hydrogens (tertiary/aromatic N) is 1. The summed E-state index contributed by atoms with van der Waals surface area (Å²) >= 11 is 0. The molecule has 1 saturated heterocycles. The molecule has 0 aromatic heterocycles. The number of rotatable bonds is 5. The Kier molecular flexibility index (Phi) is 6.45. The van der Waals surface area contributed by atoms with Crippen LogP contribution >= 0.6 is 12.4 Å². The molecule has 1 fully saturated rings. The second-order valence-corrected chi connectivity index (χ2v) is 6.21. The van der Waals surface area contributed by atoms with Crippen molar-refractivity contribution in [2.75, 3.05) is 25.0 Å². The van der Waals surface area contributed by atoms with Gasteiger partial charge in [0.25, 0.3) is 0 Å². The summed E-state index contributed by atoms with van der Waals surface area (Å²) in [7, 11) is 0. The molecule has 1 aromatic carbocycles. The summed E-state index contributed by atoms with van der Waals surface area (Å²) in [6, 6.07) is 5.83. The summed E-state index contributed by atoms with van der Waals surface area (Å²) in [6.45, 7) is 1.96. The minimum atomic E-state index is 0. The van der Waals surface area contributed by atoms with Gasteiger partial charge in [-0.3, -0.25) is 9.59 Å². The Balaban J connectivity index is 0.00000208. The molecular weight excluding hydrogens is 330 g/mol. The molecular formula is C17H24ClN3O3. The van der Waals surface area contributed by atoms with Gasteiger partial charge in [-0.25, -0.2) is 0 Å². The van der Waals surface area contributed by atoms with Gasteiger partial charge in [-0.15, -0.1) is 12.4 Å².